The summed E-state index contributed by atoms with van der Waals surface area (Å²) in [6.45, 7) is 2.01. The molecule has 0 bridgehead atoms. The minimum Gasteiger partial charge on any atom is -0.453 e. The van der Waals surface area contributed by atoms with E-state index in [1.54, 1.807) is 0 Å². The number of ketones is 1. The molecule has 88 valence electrons. The highest BCUT2D eigenvalue weighted by Crippen LogP contribution is 2.31. The summed E-state index contributed by atoms with van der Waals surface area (Å²) in [5.74, 6) is 1.28. The molecule has 3 rings (SSSR count). The molecule has 1 aromatic heterocycles. The summed E-state index contributed by atoms with van der Waals surface area (Å²) < 4.78 is 5.68. The van der Waals surface area contributed by atoms with Crippen LogP contribution in [0.3, 0.4) is 0 Å². The molecule has 0 atom stereocenters. The first-order valence-corrected chi connectivity index (χ1v) is 6.26. The van der Waals surface area contributed by atoms with Crippen LogP contribution in [0.1, 0.15) is 41.8 Å². The molecule has 1 saturated carbocycles. The van der Waals surface area contributed by atoms with Gasteiger partial charge in [0.05, 0.1) is 0 Å². The van der Waals surface area contributed by atoms with Crippen molar-refractivity contribution in [2.45, 2.75) is 32.6 Å². The smallest absolute Gasteiger partial charge is 0.198 e. The second kappa shape index (κ2) is 4.02. The number of fused-ring (bicyclic) bond motifs is 1. The quantitative estimate of drug-likeness (QED) is 0.740. The van der Waals surface area contributed by atoms with Gasteiger partial charge in [0.1, 0.15) is 5.58 Å². The summed E-state index contributed by atoms with van der Waals surface area (Å²) in [6.07, 6.45) is 4.33. The molecule has 2 aromatic rings. The molecular weight excluding hydrogens is 212 g/mol. The lowest BCUT2D eigenvalue weighted by Gasteiger charge is -2.23. The average Bonchev–Trinajstić information content (AvgIpc) is 2.68. The van der Waals surface area contributed by atoms with E-state index in [1.807, 2.05) is 31.2 Å². The first-order chi connectivity index (χ1) is 8.24. The van der Waals surface area contributed by atoms with Crippen molar-refractivity contribution in [1.82, 2.24) is 0 Å². The van der Waals surface area contributed by atoms with Gasteiger partial charge in [-0.25, -0.2) is 0 Å². The zero-order valence-corrected chi connectivity index (χ0v) is 10.0. The normalized spacial score (nSPS) is 16.1. The Kier molecular flexibility index (Phi) is 2.50. The van der Waals surface area contributed by atoms with Gasteiger partial charge in [-0.1, -0.05) is 24.6 Å². The minimum atomic E-state index is 0.158. The first kappa shape index (κ1) is 10.6. The highest BCUT2D eigenvalue weighted by atomic mass is 16.3. The third kappa shape index (κ3) is 1.88. The van der Waals surface area contributed by atoms with Gasteiger partial charge in [-0.2, -0.15) is 0 Å². The van der Waals surface area contributed by atoms with Crippen LogP contribution in [0.5, 0.6) is 0 Å². The van der Waals surface area contributed by atoms with E-state index in [1.165, 1.54) is 19.3 Å². The molecule has 0 N–H and O–H groups in total. The van der Waals surface area contributed by atoms with E-state index in [-0.39, 0.29) is 5.78 Å². The number of benzene rings is 1. The fourth-order valence-corrected chi connectivity index (χ4v) is 2.41. The van der Waals surface area contributed by atoms with Gasteiger partial charge < -0.3 is 4.42 Å². The molecule has 2 nitrogen and oxygen atoms in total. The molecule has 0 saturated heterocycles. The van der Waals surface area contributed by atoms with Crippen LogP contribution in [0.2, 0.25) is 0 Å². The highest BCUT2D eigenvalue weighted by molar-refractivity contribution is 5.98. The number of hydrogen-bond donors (Lipinski definition) is 0. The summed E-state index contributed by atoms with van der Waals surface area (Å²) in [6, 6.07) is 7.87. The molecule has 0 radical (unpaired) electrons. The van der Waals surface area contributed by atoms with Crippen molar-refractivity contribution in [2.24, 2.45) is 5.92 Å². The Morgan fingerprint density at radius 2 is 2.24 bits per heavy atom. The third-order valence-electron chi connectivity index (χ3n) is 3.71. The Bertz CT molecular complexity index is 561. The average molecular weight is 228 g/mol. The van der Waals surface area contributed by atoms with Crippen molar-refractivity contribution < 1.29 is 9.21 Å². The minimum absolute atomic E-state index is 0.158. The fraction of sp³-hybridized carbons (Fsp3) is 0.400. The Hall–Kier alpha value is -1.57. The molecule has 0 aliphatic heterocycles. The van der Waals surface area contributed by atoms with Crippen molar-refractivity contribution in [1.29, 1.82) is 0 Å². The standard InChI is InChI=1S/C15H16O2/c1-10-4-2-7-12-9-14(17-15(10)12)13(16)8-11-5-3-6-11/h2,4,7,9,11H,3,5-6,8H2,1H3. The van der Waals surface area contributed by atoms with Gasteiger partial charge in [0, 0.05) is 11.8 Å². The van der Waals surface area contributed by atoms with E-state index in [9.17, 15) is 4.79 Å². The molecule has 1 aromatic carbocycles. The second-order valence-electron chi connectivity index (χ2n) is 5.03. The lowest BCUT2D eigenvalue weighted by Crippen LogP contribution is -2.15. The van der Waals surface area contributed by atoms with Gasteiger partial charge in [0.15, 0.2) is 11.5 Å². The van der Waals surface area contributed by atoms with Crippen LogP contribution >= 0.6 is 0 Å². The van der Waals surface area contributed by atoms with Crippen molar-refractivity contribution in [2.75, 3.05) is 0 Å². The van der Waals surface area contributed by atoms with E-state index in [2.05, 4.69) is 0 Å². The predicted molar refractivity (Wildman–Crippen MR) is 67.2 cm³/mol. The maximum atomic E-state index is 12.0. The summed E-state index contributed by atoms with van der Waals surface area (Å²) >= 11 is 0. The van der Waals surface area contributed by atoms with Crippen molar-refractivity contribution in [3.8, 4) is 0 Å². The van der Waals surface area contributed by atoms with Gasteiger partial charge in [-0.05, 0) is 37.3 Å². The van der Waals surface area contributed by atoms with Crippen LogP contribution in [0.4, 0.5) is 0 Å². The zero-order valence-electron chi connectivity index (χ0n) is 10.0. The maximum absolute atomic E-state index is 12.0. The first-order valence-electron chi connectivity index (χ1n) is 6.26. The van der Waals surface area contributed by atoms with Gasteiger partial charge in [-0.3, -0.25) is 4.79 Å². The monoisotopic (exact) mass is 228 g/mol. The predicted octanol–water partition coefficient (Wildman–Crippen LogP) is 4.11. The van der Waals surface area contributed by atoms with Crippen LogP contribution in [0.15, 0.2) is 28.7 Å². The Morgan fingerprint density at radius 1 is 1.41 bits per heavy atom. The molecule has 2 heteroatoms. The summed E-state index contributed by atoms with van der Waals surface area (Å²) in [5.41, 5.74) is 1.94. The van der Waals surface area contributed by atoms with E-state index >= 15 is 0 Å². The molecule has 1 heterocycles. The largest absolute Gasteiger partial charge is 0.453 e. The number of aryl methyl sites for hydroxylation is 1. The lowest BCUT2D eigenvalue weighted by atomic mass is 9.81. The number of rotatable bonds is 3. The SMILES string of the molecule is Cc1cccc2cc(C(=O)CC3CCC3)oc12. The molecule has 1 aliphatic carbocycles. The second-order valence-corrected chi connectivity index (χ2v) is 5.03. The Balaban J connectivity index is 1.89. The van der Waals surface area contributed by atoms with Crippen LogP contribution in [-0.2, 0) is 0 Å². The van der Waals surface area contributed by atoms with Crippen molar-refractivity contribution >= 4 is 16.8 Å². The molecule has 1 aliphatic rings. The van der Waals surface area contributed by atoms with Crippen molar-refractivity contribution in [3.05, 3.63) is 35.6 Å². The third-order valence-corrected chi connectivity index (χ3v) is 3.71. The van der Waals surface area contributed by atoms with Gasteiger partial charge in [0.25, 0.3) is 0 Å². The molecule has 0 amide bonds. The molecule has 0 spiro atoms. The highest BCUT2D eigenvalue weighted by Gasteiger charge is 2.23. The topological polar surface area (TPSA) is 30.2 Å². The van der Waals surface area contributed by atoms with E-state index in [4.69, 9.17) is 4.42 Å². The molecule has 1 fully saturated rings. The number of hydrogen-bond acceptors (Lipinski definition) is 2. The molecule has 17 heavy (non-hydrogen) atoms. The van der Waals surface area contributed by atoms with Gasteiger partial charge in [-0.15, -0.1) is 0 Å². The van der Waals surface area contributed by atoms with Crippen LogP contribution in [0, 0.1) is 12.8 Å². The number of furan rings is 1. The van der Waals surface area contributed by atoms with Gasteiger partial charge in [0.2, 0.25) is 0 Å². The summed E-state index contributed by atoms with van der Waals surface area (Å²) in [5, 5.41) is 1.03. The van der Waals surface area contributed by atoms with Crippen LogP contribution in [-0.4, -0.2) is 5.78 Å². The van der Waals surface area contributed by atoms with E-state index < -0.39 is 0 Å². The molecule has 0 unspecified atom stereocenters. The fourth-order valence-electron chi connectivity index (χ4n) is 2.41. The van der Waals surface area contributed by atoms with E-state index in [0.29, 0.717) is 18.1 Å². The molecular formula is C15H16O2. The Labute approximate surface area is 101 Å². The summed E-state index contributed by atoms with van der Waals surface area (Å²) in [4.78, 5) is 12.0. The van der Waals surface area contributed by atoms with Gasteiger partial charge >= 0.3 is 0 Å². The number of Topliss-reactive ketones (excluding diaryl/α,β-unsaturated/α-hetero) is 1. The number of carbonyl (C=O) groups is 1. The van der Waals surface area contributed by atoms with Crippen LogP contribution in [0.25, 0.3) is 11.0 Å². The van der Waals surface area contributed by atoms with Crippen molar-refractivity contribution in [3.63, 3.8) is 0 Å². The van der Waals surface area contributed by atoms with E-state index in [0.717, 1.165) is 16.5 Å². The maximum Gasteiger partial charge on any atom is 0.198 e. The van der Waals surface area contributed by atoms with Crippen LogP contribution < -0.4 is 0 Å². The summed E-state index contributed by atoms with van der Waals surface area (Å²) in [7, 11) is 0. The zero-order chi connectivity index (χ0) is 11.8. The number of carbonyl (C=O) groups excluding carboxylic acids is 1. The number of para-hydroxylation sites is 1. The Morgan fingerprint density at radius 3 is 2.88 bits per heavy atom. The lowest BCUT2D eigenvalue weighted by molar-refractivity contribution is 0.0911.